The van der Waals surface area contributed by atoms with Gasteiger partial charge in [0.05, 0.1) is 16.8 Å². The quantitative estimate of drug-likeness (QED) is 0.633. The Kier molecular flexibility index (Phi) is 4.93. The fourth-order valence-corrected chi connectivity index (χ4v) is 3.22. The molecular weight excluding hydrogens is 369 g/mol. The standard InChI is InChI=1S/C21H19F3N2O2/c1-12-11-15(20(28)25-17-8-6-10-19(27)13(17)2)14(3)26(12)18-9-5-4-7-16(18)21(22,23)24/h4-11,27H,1-3H3,(H,25,28). The molecule has 0 saturated carbocycles. The summed E-state index contributed by atoms with van der Waals surface area (Å²) in [7, 11) is 0. The number of rotatable bonds is 3. The van der Waals surface area contributed by atoms with Crippen molar-refractivity contribution < 1.29 is 23.1 Å². The number of phenols is 1. The van der Waals surface area contributed by atoms with E-state index in [-0.39, 0.29) is 17.0 Å². The number of amides is 1. The number of nitrogens with zero attached hydrogens (tertiary/aromatic N) is 1. The maximum Gasteiger partial charge on any atom is 0.418 e. The molecule has 3 aromatic rings. The third-order valence-corrected chi connectivity index (χ3v) is 4.68. The molecule has 2 N–H and O–H groups in total. The van der Waals surface area contributed by atoms with E-state index >= 15 is 0 Å². The summed E-state index contributed by atoms with van der Waals surface area (Å²) in [6.45, 7) is 4.91. The molecule has 0 fully saturated rings. The zero-order valence-corrected chi connectivity index (χ0v) is 15.6. The predicted molar refractivity (Wildman–Crippen MR) is 101 cm³/mol. The average Bonchev–Trinajstić information content (AvgIpc) is 2.92. The molecule has 7 heteroatoms. The molecule has 146 valence electrons. The Morgan fingerprint density at radius 1 is 1.04 bits per heavy atom. The van der Waals surface area contributed by atoms with Crippen LogP contribution in [0.25, 0.3) is 5.69 Å². The molecule has 0 aliphatic carbocycles. The summed E-state index contributed by atoms with van der Waals surface area (Å²) in [4.78, 5) is 12.7. The number of hydrogen-bond acceptors (Lipinski definition) is 2. The number of carbonyl (C=O) groups is 1. The zero-order valence-electron chi connectivity index (χ0n) is 15.6. The first kappa shape index (κ1) is 19.5. The third kappa shape index (κ3) is 3.47. The smallest absolute Gasteiger partial charge is 0.418 e. The first-order valence-corrected chi connectivity index (χ1v) is 8.56. The van der Waals surface area contributed by atoms with Crippen molar-refractivity contribution in [2.75, 3.05) is 5.32 Å². The van der Waals surface area contributed by atoms with E-state index in [0.29, 0.717) is 22.6 Å². The molecular formula is C21H19F3N2O2. The van der Waals surface area contributed by atoms with Crippen LogP contribution in [0.2, 0.25) is 0 Å². The van der Waals surface area contributed by atoms with Gasteiger partial charge in [-0.15, -0.1) is 0 Å². The van der Waals surface area contributed by atoms with E-state index in [0.717, 1.165) is 6.07 Å². The first-order chi connectivity index (χ1) is 13.1. The van der Waals surface area contributed by atoms with E-state index in [1.807, 2.05) is 0 Å². The van der Waals surface area contributed by atoms with Crippen molar-refractivity contribution in [2.24, 2.45) is 0 Å². The van der Waals surface area contributed by atoms with Gasteiger partial charge < -0.3 is 15.0 Å². The van der Waals surface area contributed by atoms with Gasteiger partial charge in [0.25, 0.3) is 5.91 Å². The largest absolute Gasteiger partial charge is 0.508 e. The van der Waals surface area contributed by atoms with Crippen molar-refractivity contribution in [2.45, 2.75) is 26.9 Å². The molecule has 4 nitrogen and oxygen atoms in total. The van der Waals surface area contributed by atoms with Crippen LogP contribution in [0.15, 0.2) is 48.5 Å². The van der Waals surface area contributed by atoms with Crippen molar-refractivity contribution in [1.82, 2.24) is 4.57 Å². The molecule has 1 amide bonds. The summed E-state index contributed by atoms with van der Waals surface area (Å²) in [5, 5.41) is 12.5. The van der Waals surface area contributed by atoms with Crippen LogP contribution in [-0.4, -0.2) is 15.6 Å². The van der Waals surface area contributed by atoms with Crippen LogP contribution in [0.4, 0.5) is 18.9 Å². The number of aromatic nitrogens is 1. The summed E-state index contributed by atoms with van der Waals surface area (Å²) in [6, 6.07) is 11.6. The molecule has 0 bridgehead atoms. The molecule has 0 aliphatic heterocycles. The minimum absolute atomic E-state index is 0.0300. The third-order valence-electron chi connectivity index (χ3n) is 4.68. The highest BCUT2D eigenvalue weighted by Crippen LogP contribution is 2.35. The van der Waals surface area contributed by atoms with Gasteiger partial charge in [-0.05, 0) is 51.1 Å². The van der Waals surface area contributed by atoms with Gasteiger partial charge >= 0.3 is 6.18 Å². The minimum atomic E-state index is -4.51. The van der Waals surface area contributed by atoms with Gasteiger partial charge in [-0.3, -0.25) is 4.79 Å². The van der Waals surface area contributed by atoms with Crippen molar-refractivity contribution in [3.05, 3.63) is 76.6 Å². The van der Waals surface area contributed by atoms with E-state index in [9.17, 15) is 23.1 Å². The SMILES string of the molecule is Cc1c(O)cccc1NC(=O)c1cc(C)n(-c2ccccc2C(F)(F)F)c1C. The highest BCUT2D eigenvalue weighted by atomic mass is 19.4. The lowest BCUT2D eigenvalue weighted by Gasteiger charge is -2.17. The van der Waals surface area contributed by atoms with Crippen LogP contribution < -0.4 is 5.32 Å². The molecule has 0 spiro atoms. The number of halogens is 3. The fourth-order valence-electron chi connectivity index (χ4n) is 3.22. The zero-order chi connectivity index (χ0) is 20.6. The lowest BCUT2D eigenvalue weighted by Crippen LogP contribution is -2.15. The van der Waals surface area contributed by atoms with Crippen LogP contribution in [0.5, 0.6) is 5.75 Å². The number of nitrogens with one attached hydrogen (secondary N) is 1. The lowest BCUT2D eigenvalue weighted by molar-refractivity contribution is -0.137. The summed E-state index contributed by atoms with van der Waals surface area (Å²) in [5.74, 6) is -0.417. The molecule has 28 heavy (non-hydrogen) atoms. The number of hydrogen-bond donors (Lipinski definition) is 2. The van der Waals surface area contributed by atoms with Gasteiger partial charge in [-0.2, -0.15) is 13.2 Å². The van der Waals surface area contributed by atoms with Crippen molar-refractivity contribution in [1.29, 1.82) is 0 Å². The van der Waals surface area contributed by atoms with Gasteiger partial charge in [-0.25, -0.2) is 0 Å². The second kappa shape index (κ2) is 7.07. The van der Waals surface area contributed by atoms with E-state index in [1.54, 1.807) is 39.0 Å². The van der Waals surface area contributed by atoms with Crippen molar-refractivity contribution in [3.8, 4) is 11.4 Å². The van der Waals surface area contributed by atoms with E-state index in [1.165, 1.54) is 28.8 Å². The Bertz CT molecular complexity index is 1050. The van der Waals surface area contributed by atoms with Gasteiger partial charge in [0.1, 0.15) is 5.75 Å². The molecule has 3 rings (SSSR count). The number of benzene rings is 2. The lowest BCUT2D eigenvalue weighted by atomic mass is 10.1. The van der Waals surface area contributed by atoms with Gasteiger partial charge in [0.15, 0.2) is 0 Å². The molecule has 1 aromatic heterocycles. The van der Waals surface area contributed by atoms with Crippen molar-refractivity contribution in [3.63, 3.8) is 0 Å². The van der Waals surface area contributed by atoms with Gasteiger partial charge in [-0.1, -0.05) is 18.2 Å². The number of phenolic OH excluding ortho intramolecular Hbond substituents is 1. The Balaban J connectivity index is 2.04. The molecule has 2 aromatic carbocycles. The van der Waals surface area contributed by atoms with Crippen LogP contribution in [0.1, 0.15) is 32.9 Å². The maximum atomic E-state index is 13.4. The molecule has 0 atom stereocenters. The van der Waals surface area contributed by atoms with Crippen LogP contribution in [-0.2, 0) is 6.18 Å². The summed E-state index contributed by atoms with van der Waals surface area (Å²) >= 11 is 0. The Hall–Kier alpha value is -3.22. The highest BCUT2D eigenvalue weighted by Gasteiger charge is 2.34. The second-order valence-electron chi connectivity index (χ2n) is 6.54. The fraction of sp³-hybridized carbons (Fsp3) is 0.190. The Labute approximate surface area is 160 Å². The number of anilines is 1. The molecule has 1 heterocycles. The number of aromatic hydroxyl groups is 1. The van der Waals surface area contributed by atoms with Crippen LogP contribution >= 0.6 is 0 Å². The maximum absolute atomic E-state index is 13.4. The highest BCUT2D eigenvalue weighted by molar-refractivity contribution is 6.06. The van der Waals surface area contributed by atoms with Gasteiger partial charge in [0.2, 0.25) is 0 Å². The normalized spacial score (nSPS) is 11.5. The second-order valence-corrected chi connectivity index (χ2v) is 6.54. The summed E-state index contributed by atoms with van der Waals surface area (Å²) < 4.78 is 41.7. The molecule has 0 saturated heterocycles. The Morgan fingerprint density at radius 2 is 1.71 bits per heavy atom. The van der Waals surface area contributed by atoms with E-state index in [4.69, 9.17) is 0 Å². The first-order valence-electron chi connectivity index (χ1n) is 8.56. The average molecular weight is 388 g/mol. The van der Waals surface area contributed by atoms with Crippen LogP contribution in [0.3, 0.4) is 0 Å². The minimum Gasteiger partial charge on any atom is -0.508 e. The number of aryl methyl sites for hydroxylation is 1. The number of para-hydroxylation sites is 1. The number of alkyl halides is 3. The van der Waals surface area contributed by atoms with E-state index in [2.05, 4.69) is 5.32 Å². The monoisotopic (exact) mass is 388 g/mol. The van der Waals surface area contributed by atoms with Gasteiger partial charge in [0, 0.05) is 22.6 Å². The Morgan fingerprint density at radius 3 is 2.39 bits per heavy atom. The van der Waals surface area contributed by atoms with E-state index < -0.39 is 17.6 Å². The summed E-state index contributed by atoms with van der Waals surface area (Å²) in [6.07, 6.45) is -4.51. The van der Waals surface area contributed by atoms with Crippen LogP contribution in [0, 0.1) is 20.8 Å². The molecule has 0 unspecified atom stereocenters. The molecule has 0 aliphatic rings. The summed E-state index contributed by atoms with van der Waals surface area (Å²) in [5.41, 5.74) is 1.30. The molecule has 0 radical (unpaired) electrons. The topological polar surface area (TPSA) is 54.3 Å². The number of carbonyl (C=O) groups excluding carboxylic acids is 1. The predicted octanol–water partition coefficient (Wildman–Crippen LogP) is 5.38. The van der Waals surface area contributed by atoms with Crippen molar-refractivity contribution >= 4 is 11.6 Å².